The molecule has 3 aromatic rings. The van der Waals surface area contributed by atoms with Crippen molar-refractivity contribution in [3.05, 3.63) is 78.5 Å². The number of carbonyl (C=O) groups is 1. The topological polar surface area (TPSA) is 109 Å². The summed E-state index contributed by atoms with van der Waals surface area (Å²) < 4.78 is 24.3. The molecule has 0 aliphatic carbocycles. The van der Waals surface area contributed by atoms with Crippen LogP contribution in [0.25, 0.3) is 6.08 Å². The van der Waals surface area contributed by atoms with Crippen LogP contribution in [-0.4, -0.2) is 42.6 Å². The van der Waals surface area contributed by atoms with Crippen molar-refractivity contribution in [1.82, 2.24) is 4.57 Å². The van der Waals surface area contributed by atoms with Crippen molar-refractivity contribution in [3.8, 4) is 23.0 Å². The maximum absolute atomic E-state index is 13.9. The number of phenolic OH excluding ortho intramolecular Hbond substituents is 1. The van der Waals surface area contributed by atoms with Crippen molar-refractivity contribution in [2.45, 2.75) is 33.7 Å². The minimum atomic E-state index is -0.845. The Morgan fingerprint density at radius 3 is 2.55 bits per heavy atom. The summed E-state index contributed by atoms with van der Waals surface area (Å²) in [4.78, 5) is 32.1. The Balaban J connectivity index is 1.99. The van der Waals surface area contributed by atoms with E-state index in [1.165, 1.54) is 29.1 Å². The van der Waals surface area contributed by atoms with Gasteiger partial charge in [-0.15, -0.1) is 0 Å². The van der Waals surface area contributed by atoms with Crippen LogP contribution in [0, 0.1) is 0 Å². The molecule has 0 bridgehead atoms. The SMILES string of the molecule is CCOC(=O)C1=C(C)N=c2s/c(=C/c3ccc(O)c(OCC)c3)c(=O)n2[C@H]1c1cccc(OC)c1OCC. The van der Waals surface area contributed by atoms with Crippen molar-refractivity contribution < 1.29 is 28.8 Å². The number of aromatic hydroxyl groups is 1. The molecule has 0 spiro atoms. The van der Waals surface area contributed by atoms with Gasteiger partial charge in [0.15, 0.2) is 27.8 Å². The number of hydrogen-bond acceptors (Lipinski definition) is 9. The van der Waals surface area contributed by atoms with Crippen LogP contribution in [0.5, 0.6) is 23.0 Å². The number of methoxy groups -OCH3 is 1. The highest BCUT2D eigenvalue weighted by atomic mass is 32.1. The first-order valence-electron chi connectivity index (χ1n) is 12.3. The van der Waals surface area contributed by atoms with E-state index in [4.69, 9.17) is 18.9 Å². The number of rotatable bonds is 9. The number of phenols is 1. The monoisotopic (exact) mass is 538 g/mol. The average molecular weight is 539 g/mol. The number of allylic oxidation sites excluding steroid dienone is 1. The van der Waals surface area contributed by atoms with Crippen LogP contribution in [0.2, 0.25) is 0 Å². The number of ether oxygens (including phenoxy) is 4. The van der Waals surface area contributed by atoms with Gasteiger partial charge in [0.25, 0.3) is 5.56 Å². The zero-order valence-corrected chi connectivity index (χ0v) is 22.8. The van der Waals surface area contributed by atoms with Crippen molar-refractivity contribution in [2.24, 2.45) is 4.99 Å². The molecule has 0 radical (unpaired) electrons. The lowest BCUT2D eigenvalue weighted by Gasteiger charge is -2.26. The molecule has 0 fully saturated rings. The van der Waals surface area contributed by atoms with Crippen molar-refractivity contribution in [3.63, 3.8) is 0 Å². The van der Waals surface area contributed by atoms with Gasteiger partial charge < -0.3 is 24.1 Å². The van der Waals surface area contributed by atoms with Gasteiger partial charge in [-0.2, -0.15) is 0 Å². The summed E-state index contributed by atoms with van der Waals surface area (Å²) in [6.45, 7) is 8.04. The fourth-order valence-corrected chi connectivity index (χ4v) is 5.38. The Morgan fingerprint density at radius 1 is 1.11 bits per heavy atom. The van der Waals surface area contributed by atoms with Crippen LogP contribution < -0.4 is 29.1 Å². The number of esters is 1. The standard InChI is InChI=1S/C28H30N2O7S/c1-6-35-21-14-17(12-13-19(21)31)15-22-26(32)30-24(18-10-9-11-20(34-5)25(18)36-7-2)23(27(33)37-8-3)16(4)29-28(30)38-22/h9-15,24,31H,6-8H2,1-5H3/b22-15+/t24-/m0/s1. The van der Waals surface area contributed by atoms with E-state index in [2.05, 4.69) is 4.99 Å². The maximum atomic E-state index is 13.9. The molecule has 1 aliphatic rings. The van der Waals surface area contributed by atoms with E-state index in [9.17, 15) is 14.7 Å². The minimum Gasteiger partial charge on any atom is -0.504 e. The fourth-order valence-electron chi connectivity index (χ4n) is 4.34. The molecule has 1 atom stereocenters. The van der Waals surface area contributed by atoms with Gasteiger partial charge in [-0.1, -0.05) is 29.5 Å². The first-order chi connectivity index (χ1) is 18.3. The van der Waals surface area contributed by atoms with Gasteiger partial charge in [-0.25, -0.2) is 9.79 Å². The number of carbonyl (C=O) groups excluding carboxylic acids is 1. The second-order valence-electron chi connectivity index (χ2n) is 8.27. The lowest BCUT2D eigenvalue weighted by molar-refractivity contribution is -0.139. The minimum absolute atomic E-state index is 0.0154. The van der Waals surface area contributed by atoms with Crippen LogP contribution in [-0.2, 0) is 9.53 Å². The second kappa shape index (κ2) is 11.6. The fraction of sp³-hybridized carbons (Fsp3) is 0.321. The predicted molar refractivity (Wildman–Crippen MR) is 144 cm³/mol. The summed E-state index contributed by atoms with van der Waals surface area (Å²) in [5.74, 6) is 0.704. The molecule has 4 rings (SSSR count). The lowest BCUT2D eigenvalue weighted by Crippen LogP contribution is -2.40. The van der Waals surface area contributed by atoms with Gasteiger partial charge in [0.2, 0.25) is 0 Å². The predicted octanol–water partition coefficient (Wildman–Crippen LogP) is 3.31. The first-order valence-corrected chi connectivity index (χ1v) is 13.1. The Morgan fingerprint density at radius 2 is 1.87 bits per heavy atom. The van der Waals surface area contributed by atoms with Crippen LogP contribution in [0.1, 0.15) is 44.9 Å². The van der Waals surface area contributed by atoms with E-state index in [-0.39, 0.29) is 23.5 Å². The Bertz CT molecular complexity index is 1570. The third-order valence-corrected chi connectivity index (χ3v) is 6.89. The smallest absolute Gasteiger partial charge is 0.338 e. The van der Waals surface area contributed by atoms with Gasteiger partial charge in [0.05, 0.1) is 42.7 Å². The Kier molecular flexibility index (Phi) is 8.21. The Hall–Kier alpha value is -4.05. The molecule has 0 saturated carbocycles. The second-order valence-corrected chi connectivity index (χ2v) is 9.28. The number of aromatic nitrogens is 1. The van der Waals surface area contributed by atoms with E-state index >= 15 is 0 Å². The van der Waals surface area contributed by atoms with E-state index in [0.717, 1.165) is 0 Å². The molecular formula is C28H30N2O7S. The quantitative estimate of drug-likeness (QED) is 0.417. The number of thiazole rings is 1. The molecule has 200 valence electrons. The maximum Gasteiger partial charge on any atom is 0.338 e. The van der Waals surface area contributed by atoms with E-state index < -0.39 is 12.0 Å². The van der Waals surface area contributed by atoms with Gasteiger partial charge in [0.1, 0.15) is 6.04 Å². The number of hydrogen-bond donors (Lipinski definition) is 1. The molecule has 0 unspecified atom stereocenters. The molecule has 9 nitrogen and oxygen atoms in total. The average Bonchev–Trinajstić information content (AvgIpc) is 3.20. The van der Waals surface area contributed by atoms with Crippen LogP contribution in [0.15, 0.2) is 57.5 Å². The van der Waals surface area contributed by atoms with Crippen molar-refractivity contribution >= 4 is 23.4 Å². The third-order valence-electron chi connectivity index (χ3n) is 5.91. The normalized spacial score (nSPS) is 15.1. The van der Waals surface area contributed by atoms with Crippen LogP contribution in [0.3, 0.4) is 0 Å². The van der Waals surface area contributed by atoms with Crippen LogP contribution >= 0.6 is 11.3 Å². The highest BCUT2D eigenvalue weighted by molar-refractivity contribution is 7.07. The van der Waals surface area contributed by atoms with Gasteiger partial charge in [-0.05, 0) is 57.5 Å². The number of nitrogens with zero attached hydrogens (tertiary/aromatic N) is 2. The van der Waals surface area contributed by atoms with Crippen LogP contribution in [0.4, 0.5) is 0 Å². The molecular weight excluding hydrogens is 508 g/mol. The summed E-state index contributed by atoms with van der Waals surface area (Å²) in [7, 11) is 1.54. The third kappa shape index (κ3) is 5.04. The molecule has 10 heteroatoms. The highest BCUT2D eigenvalue weighted by Gasteiger charge is 2.36. The zero-order chi connectivity index (χ0) is 27.4. The molecule has 2 aromatic carbocycles. The first kappa shape index (κ1) is 27.0. The molecule has 1 aromatic heterocycles. The molecule has 0 saturated heterocycles. The summed E-state index contributed by atoms with van der Waals surface area (Å²) in [6.07, 6.45) is 1.71. The summed E-state index contributed by atoms with van der Waals surface area (Å²) in [6, 6.07) is 9.39. The summed E-state index contributed by atoms with van der Waals surface area (Å²) in [5.41, 5.74) is 1.63. The molecule has 2 heterocycles. The molecule has 1 N–H and O–H groups in total. The van der Waals surface area contributed by atoms with E-state index in [0.29, 0.717) is 56.6 Å². The van der Waals surface area contributed by atoms with Gasteiger partial charge in [0, 0.05) is 5.56 Å². The molecule has 0 amide bonds. The van der Waals surface area contributed by atoms with E-state index in [1.807, 2.05) is 19.9 Å². The molecule has 1 aliphatic heterocycles. The molecule has 38 heavy (non-hydrogen) atoms. The number of fused-ring (bicyclic) bond motifs is 1. The summed E-state index contributed by atoms with van der Waals surface area (Å²) >= 11 is 1.21. The van der Waals surface area contributed by atoms with Crippen molar-refractivity contribution in [2.75, 3.05) is 26.9 Å². The zero-order valence-electron chi connectivity index (χ0n) is 21.9. The largest absolute Gasteiger partial charge is 0.504 e. The number of para-hydroxylation sites is 1. The van der Waals surface area contributed by atoms with Crippen molar-refractivity contribution in [1.29, 1.82) is 0 Å². The van der Waals surface area contributed by atoms with E-state index in [1.54, 1.807) is 44.2 Å². The van der Waals surface area contributed by atoms with Gasteiger partial charge >= 0.3 is 5.97 Å². The number of benzene rings is 2. The highest BCUT2D eigenvalue weighted by Crippen LogP contribution is 2.40. The van der Waals surface area contributed by atoms with Gasteiger partial charge in [-0.3, -0.25) is 9.36 Å². The lowest BCUT2D eigenvalue weighted by atomic mass is 9.94. The summed E-state index contributed by atoms with van der Waals surface area (Å²) in [5, 5.41) is 10.1. The Labute approximate surface area is 223 Å².